The number of nitrogens with zero attached hydrogens (tertiary/aromatic N) is 4. The standard InChI is InChI=1S/C22H24N6O2S/c1-12(20(23)29)27(2)14-10-16-19-17(11-14)30-8-4-3-7-28(19)21(25-16)13-5-6-15-18(9-13)31-22(24)26-15/h5-6,9-12H,3-4,7-8H2,1-2H3,(H2,23,29)(H2,24,26). The molecular weight excluding hydrogens is 412 g/mol. The fourth-order valence-electron chi connectivity index (χ4n) is 4.02. The Morgan fingerprint density at radius 2 is 2.06 bits per heavy atom. The summed E-state index contributed by atoms with van der Waals surface area (Å²) in [5.41, 5.74) is 16.0. The summed E-state index contributed by atoms with van der Waals surface area (Å²) in [6, 6.07) is 9.63. The lowest BCUT2D eigenvalue weighted by Gasteiger charge is -2.25. The molecule has 4 aromatic rings. The molecule has 1 aliphatic rings. The van der Waals surface area contributed by atoms with E-state index in [1.807, 2.05) is 36.2 Å². The highest BCUT2D eigenvalue weighted by atomic mass is 32.1. The lowest BCUT2D eigenvalue weighted by atomic mass is 10.1. The van der Waals surface area contributed by atoms with Gasteiger partial charge < -0.3 is 25.7 Å². The fourth-order valence-corrected chi connectivity index (χ4v) is 4.79. The molecule has 0 bridgehead atoms. The van der Waals surface area contributed by atoms with E-state index in [0.29, 0.717) is 11.7 Å². The Labute approximate surface area is 183 Å². The number of imidazole rings is 1. The third-order valence-electron chi connectivity index (χ3n) is 5.89. The molecule has 1 aliphatic heterocycles. The summed E-state index contributed by atoms with van der Waals surface area (Å²) in [6.45, 7) is 3.30. The van der Waals surface area contributed by atoms with E-state index >= 15 is 0 Å². The summed E-state index contributed by atoms with van der Waals surface area (Å²) in [5, 5.41) is 0.557. The molecule has 1 atom stereocenters. The number of hydrogen-bond acceptors (Lipinski definition) is 7. The number of fused-ring (bicyclic) bond motifs is 1. The van der Waals surface area contributed by atoms with Crippen LogP contribution >= 0.6 is 11.3 Å². The first-order valence-electron chi connectivity index (χ1n) is 10.3. The average Bonchev–Trinajstić information content (AvgIpc) is 3.28. The van der Waals surface area contributed by atoms with Crippen molar-refractivity contribution in [1.82, 2.24) is 14.5 Å². The maximum absolute atomic E-state index is 11.7. The Balaban J connectivity index is 1.70. The number of aromatic nitrogens is 3. The average molecular weight is 437 g/mol. The number of ether oxygens (including phenoxy) is 1. The minimum Gasteiger partial charge on any atom is -0.491 e. The van der Waals surface area contributed by atoms with Crippen molar-refractivity contribution in [3.05, 3.63) is 30.3 Å². The molecule has 0 saturated heterocycles. The van der Waals surface area contributed by atoms with Gasteiger partial charge in [-0.25, -0.2) is 9.97 Å². The van der Waals surface area contributed by atoms with Crippen molar-refractivity contribution in [3.8, 4) is 17.1 Å². The zero-order valence-electron chi connectivity index (χ0n) is 17.5. The van der Waals surface area contributed by atoms with Gasteiger partial charge in [-0.2, -0.15) is 0 Å². The first kappa shape index (κ1) is 19.6. The van der Waals surface area contributed by atoms with Crippen molar-refractivity contribution in [2.45, 2.75) is 32.4 Å². The number of carbonyl (C=O) groups excluding carboxylic acids is 1. The molecule has 31 heavy (non-hydrogen) atoms. The van der Waals surface area contributed by atoms with E-state index in [1.54, 1.807) is 6.92 Å². The van der Waals surface area contributed by atoms with Crippen molar-refractivity contribution in [3.63, 3.8) is 0 Å². The van der Waals surface area contributed by atoms with Crippen LogP contribution < -0.4 is 21.1 Å². The number of nitrogens with two attached hydrogens (primary N) is 2. The molecule has 2 aromatic carbocycles. The normalized spacial score (nSPS) is 14.8. The zero-order chi connectivity index (χ0) is 21.7. The highest BCUT2D eigenvalue weighted by Crippen LogP contribution is 2.38. The first-order valence-corrected chi connectivity index (χ1v) is 11.1. The van der Waals surface area contributed by atoms with Gasteiger partial charge >= 0.3 is 0 Å². The quantitative estimate of drug-likeness (QED) is 0.507. The molecule has 5 rings (SSSR count). The highest BCUT2D eigenvalue weighted by molar-refractivity contribution is 7.22. The van der Waals surface area contributed by atoms with Crippen LogP contribution in [0.15, 0.2) is 30.3 Å². The number of carbonyl (C=O) groups is 1. The monoisotopic (exact) mass is 436 g/mol. The number of aryl methyl sites for hydroxylation is 1. The summed E-state index contributed by atoms with van der Waals surface area (Å²) in [6.07, 6.45) is 1.97. The van der Waals surface area contributed by atoms with Gasteiger partial charge in [0.1, 0.15) is 23.1 Å². The lowest BCUT2D eigenvalue weighted by Crippen LogP contribution is -2.40. The van der Waals surface area contributed by atoms with Crippen LogP contribution in [0.1, 0.15) is 19.8 Å². The van der Waals surface area contributed by atoms with E-state index in [0.717, 1.165) is 63.5 Å². The van der Waals surface area contributed by atoms with Gasteiger partial charge in [-0.15, -0.1) is 0 Å². The smallest absolute Gasteiger partial charge is 0.239 e. The molecule has 0 spiro atoms. The number of amides is 1. The summed E-state index contributed by atoms with van der Waals surface area (Å²) in [7, 11) is 1.85. The molecule has 160 valence electrons. The van der Waals surface area contributed by atoms with Gasteiger partial charge in [-0.3, -0.25) is 4.79 Å². The topological polar surface area (TPSA) is 112 Å². The molecule has 0 saturated carbocycles. The van der Waals surface area contributed by atoms with E-state index in [1.165, 1.54) is 11.3 Å². The minimum absolute atomic E-state index is 0.380. The van der Waals surface area contributed by atoms with Crippen LogP contribution in [0.2, 0.25) is 0 Å². The number of primary amides is 1. The molecular formula is C22H24N6O2S. The SMILES string of the molecule is CC(C(N)=O)N(C)c1cc2c3c(c1)nc(-c1ccc4nc(N)sc4c1)n3CCCCO2. The largest absolute Gasteiger partial charge is 0.491 e. The molecule has 2 aromatic heterocycles. The summed E-state index contributed by atoms with van der Waals surface area (Å²) >= 11 is 1.47. The number of anilines is 2. The predicted molar refractivity (Wildman–Crippen MR) is 125 cm³/mol. The third kappa shape index (κ3) is 3.34. The third-order valence-corrected chi connectivity index (χ3v) is 6.74. The van der Waals surface area contributed by atoms with Crippen LogP contribution in [-0.4, -0.2) is 40.1 Å². The Bertz CT molecular complexity index is 1310. The Morgan fingerprint density at radius 3 is 2.87 bits per heavy atom. The molecule has 1 unspecified atom stereocenters. The van der Waals surface area contributed by atoms with Gasteiger partial charge in [0, 0.05) is 30.9 Å². The maximum Gasteiger partial charge on any atom is 0.239 e. The van der Waals surface area contributed by atoms with E-state index in [4.69, 9.17) is 21.2 Å². The van der Waals surface area contributed by atoms with Crippen molar-refractivity contribution in [1.29, 1.82) is 0 Å². The summed E-state index contributed by atoms with van der Waals surface area (Å²) in [5.74, 6) is 1.28. The Kier molecular flexibility index (Phi) is 4.70. The van der Waals surface area contributed by atoms with E-state index in [-0.39, 0.29) is 5.91 Å². The van der Waals surface area contributed by atoms with Gasteiger partial charge in [-0.1, -0.05) is 11.3 Å². The second-order valence-corrected chi connectivity index (χ2v) is 8.94. The van der Waals surface area contributed by atoms with Crippen LogP contribution in [0.3, 0.4) is 0 Å². The molecule has 0 aliphatic carbocycles. The Morgan fingerprint density at radius 1 is 1.23 bits per heavy atom. The molecule has 3 heterocycles. The Hall–Kier alpha value is -3.33. The van der Waals surface area contributed by atoms with Crippen LogP contribution in [0.25, 0.3) is 32.6 Å². The van der Waals surface area contributed by atoms with Gasteiger partial charge in [0.05, 0.1) is 22.3 Å². The van der Waals surface area contributed by atoms with Crippen LogP contribution in [0.5, 0.6) is 5.75 Å². The highest BCUT2D eigenvalue weighted by Gasteiger charge is 2.23. The number of rotatable bonds is 4. The number of likely N-dealkylation sites (N-methyl/N-ethyl adjacent to an activating group) is 1. The van der Waals surface area contributed by atoms with Crippen molar-refractivity contribution in [2.24, 2.45) is 5.73 Å². The van der Waals surface area contributed by atoms with E-state index < -0.39 is 6.04 Å². The lowest BCUT2D eigenvalue weighted by molar-refractivity contribution is -0.118. The number of nitrogen functional groups attached to an aromatic ring is 1. The summed E-state index contributed by atoms with van der Waals surface area (Å²) < 4.78 is 9.39. The molecule has 9 heteroatoms. The molecule has 8 nitrogen and oxygen atoms in total. The van der Waals surface area contributed by atoms with E-state index in [9.17, 15) is 4.79 Å². The molecule has 1 amide bonds. The van der Waals surface area contributed by atoms with Gasteiger partial charge in [0.15, 0.2) is 5.13 Å². The van der Waals surface area contributed by atoms with Crippen molar-refractivity contribution in [2.75, 3.05) is 24.3 Å². The molecule has 0 fully saturated rings. The fraction of sp³-hybridized carbons (Fsp3) is 0.318. The van der Waals surface area contributed by atoms with Crippen LogP contribution in [-0.2, 0) is 11.3 Å². The van der Waals surface area contributed by atoms with Gasteiger partial charge in [0.2, 0.25) is 5.91 Å². The van der Waals surface area contributed by atoms with Crippen molar-refractivity contribution >= 4 is 49.3 Å². The second-order valence-electron chi connectivity index (χ2n) is 7.88. The van der Waals surface area contributed by atoms with Gasteiger partial charge in [0.25, 0.3) is 0 Å². The van der Waals surface area contributed by atoms with Gasteiger partial charge in [-0.05, 0) is 44.0 Å². The molecule has 4 N–H and O–H groups in total. The first-order chi connectivity index (χ1) is 14.9. The molecule has 0 radical (unpaired) electrons. The van der Waals surface area contributed by atoms with E-state index in [2.05, 4.69) is 15.6 Å². The number of thiazole rings is 1. The number of hydrogen-bond donors (Lipinski definition) is 2. The number of benzene rings is 2. The van der Waals surface area contributed by atoms with Crippen LogP contribution in [0.4, 0.5) is 10.8 Å². The maximum atomic E-state index is 11.7. The predicted octanol–water partition coefficient (Wildman–Crippen LogP) is 3.38. The van der Waals surface area contributed by atoms with Crippen LogP contribution in [0, 0.1) is 0 Å². The van der Waals surface area contributed by atoms with Crippen molar-refractivity contribution < 1.29 is 9.53 Å². The second kappa shape index (κ2) is 7.42. The summed E-state index contributed by atoms with van der Waals surface area (Å²) in [4.78, 5) is 22.9. The minimum atomic E-state index is -0.445. The zero-order valence-corrected chi connectivity index (χ0v) is 18.3.